The summed E-state index contributed by atoms with van der Waals surface area (Å²) >= 11 is 0. The summed E-state index contributed by atoms with van der Waals surface area (Å²) in [7, 11) is 1.78. The quantitative estimate of drug-likeness (QED) is 0.778. The van der Waals surface area contributed by atoms with E-state index in [0.717, 1.165) is 19.4 Å². The Kier molecular flexibility index (Phi) is 4.65. The van der Waals surface area contributed by atoms with Crippen LogP contribution >= 0.6 is 0 Å². The molecule has 0 aromatic carbocycles. The molecule has 0 saturated carbocycles. The van der Waals surface area contributed by atoms with Crippen molar-refractivity contribution in [3.63, 3.8) is 0 Å². The molecule has 2 saturated heterocycles. The Balaban J connectivity index is 1.83. The molecule has 2 rings (SSSR count). The van der Waals surface area contributed by atoms with E-state index in [1.165, 1.54) is 0 Å². The van der Waals surface area contributed by atoms with Crippen molar-refractivity contribution in [3.8, 4) is 0 Å². The van der Waals surface area contributed by atoms with Crippen molar-refractivity contribution in [1.29, 1.82) is 0 Å². The Morgan fingerprint density at radius 2 is 2.20 bits per heavy atom. The molecule has 0 aromatic rings. The largest absolute Gasteiger partial charge is 0.377 e. The van der Waals surface area contributed by atoms with Crippen LogP contribution in [0.3, 0.4) is 0 Å². The fourth-order valence-corrected chi connectivity index (χ4v) is 2.89. The van der Waals surface area contributed by atoms with Gasteiger partial charge < -0.3 is 19.9 Å². The van der Waals surface area contributed by atoms with E-state index in [4.69, 9.17) is 4.74 Å². The third-order valence-electron chi connectivity index (χ3n) is 4.18. The number of rotatable bonds is 4. The van der Waals surface area contributed by atoms with E-state index in [1.807, 2.05) is 13.8 Å². The van der Waals surface area contributed by atoms with Crippen molar-refractivity contribution < 1.29 is 14.3 Å². The molecule has 114 valence electrons. The summed E-state index contributed by atoms with van der Waals surface area (Å²) in [5, 5.41) is 3.15. The molecule has 0 bridgehead atoms. The lowest BCUT2D eigenvalue weighted by atomic mass is 9.97. The molecule has 6 heteroatoms. The Labute approximate surface area is 120 Å². The first-order valence-corrected chi connectivity index (χ1v) is 7.31. The number of ether oxygens (including phenoxy) is 1. The molecule has 0 aliphatic carbocycles. The second-order valence-corrected chi connectivity index (χ2v) is 6.10. The Morgan fingerprint density at radius 1 is 1.45 bits per heavy atom. The summed E-state index contributed by atoms with van der Waals surface area (Å²) in [5.41, 5.74) is -0.754. The van der Waals surface area contributed by atoms with Crippen LogP contribution in [0.15, 0.2) is 0 Å². The summed E-state index contributed by atoms with van der Waals surface area (Å²) in [6, 6.07) is 0. The van der Waals surface area contributed by atoms with Crippen molar-refractivity contribution >= 4 is 11.8 Å². The first kappa shape index (κ1) is 15.3. The molecule has 1 atom stereocenters. The lowest BCUT2D eigenvalue weighted by molar-refractivity contribution is -0.156. The molecule has 2 heterocycles. The first-order valence-electron chi connectivity index (χ1n) is 7.31. The lowest BCUT2D eigenvalue weighted by Gasteiger charge is -2.44. The molecule has 2 aliphatic rings. The molecule has 6 nitrogen and oxygen atoms in total. The number of piperazine rings is 1. The summed E-state index contributed by atoms with van der Waals surface area (Å²) in [4.78, 5) is 27.8. The summed E-state index contributed by atoms with van der Waals surface area (Å²) < 4.78 is 5.50. The van der Waals surface area contributed by atoms with Crippen LogP contribution in [0.5, 0.6) is 0 Å². The van der Waals surface area contributed by atoms with Crippen LogP contribution in [-0.4, -0.2) is 73.1 Å². The van der Waals surface area contributed by atoms with Crippen LogP contribution in [0.4, 0.5) is 0 Å². The van der Waals surface area contributed by atoms with Gasteiger partial charge >= 0.3 is 0 Å². The van der Waals surface area contributed by atoms with E-state index < -0.39 is 5.54 Å². The highest BCUT2D eigenvalue weighted by Gasteiger charge is 2.42. The zero-order chi connectivity index (χ0) is 14.8. The van der Waals surface area contributed by atoms with Crippen LogP contribution in [-0.2, 0) is 14.3 Å². The van der Waals surface area contributed by atoms with Crippen LogP contribution in [0.2, 0.25) is 0 Å². The second kappa shape index (κ2) is 6.10. The Morgan fingerprint density at radius 3 is 2.85 bits per heavy atom. The zero-order valence-corrected chi connectivity index (χ0v) is 12.6. The second-order valence-electron chi connectivity index (χ2n) is 6.10. The van der Waals surface area contributed by atoms with Gasteiger partial charge in [0.2, 0.25) is 11.8 Å². The average molecular weight is 283 g/mol. The van der Waals surface area contributed by atoms with Gasteiger partial charge in [0.1, 0.15) is 5.54 Å². The monoisotopic (exact) mass is 283 g/mol. The number of carbonyl (C=O) groups excluding carboxylic acids is 2. The van der Waals surface area contributed by atoms with E-state index in [9.17, 15) is 9.59 Å². The van der Waals surface area contributed by atoms with Gasteiger partial charge in [-0.15, -0.1) is 0 Å². The molecule has 2 fully saturated rings. The number of carbonyl (C=O) groups is 2. The maximum absolute atomic E-state index is 12.3. The summed E-state index contributed by atoms with van der Waals surface area (Å²) in [6.45, 7) is 6.59. The molecule has 2 amide bonds. The predicted molar refractivity (Wildman–Crippen MR) is 75.3 cm³/mol. The molecule has 0 aromatic heterocycles. The molecule has 1 N–H and O–H groups in total. The number of likely N-dealkylation sites (N-methyl/N-ethyl adjacent to an activating group) is 1. The van der Waals surface area contributed by atoms with Gasteiger partial charge in [0.05, 0.1) is 12.6 Å². The van der Waals surface area contributed by atoms with Gasteiger partial charge in [0.15, 0.2) is 0 Å². The van der Waals surface area contributed by atoms with Gasteiger partial charge in [-0.1, -0.05) is 0 Å². The van der Waals surface area contributed by atoms with Crippen LogP contribution in [0.25, 0.3) is 0 Å². The minimum atomic E-state index is -0.754. The third-order valence-corrected chi connectivity index (χ3v) is 4.18. The van der Waals surface area contributed by atoms with Gasteiger partial charge in [0, 0.05) is 33.3 Å². The lowest BCUT2D eigenvalue weighted by Crippen LogP contribution is -2.64. The van der Waals surface area contributed by atoms with E-state index in [0.29, 0.717) is 19.6 Å². The fraction of sp³-hybridized carbons (Fsp3) is 0.857. The van der Waals surface area contributed by atoms with E-state index >= 15 is 0 Å². The molecule has 2 aliphatic heterocycles. The molecule has 20 heavy (non-hydrogen) atoms. The van der Waals surface area contributed by atoms with Crippen LogP contribution in [0.1, 0.15) is 26.7 Å². The van der Waals surface area contributed by atoms with Crippen molar-refractivity contribution in [2.75, 3.05) is 39.8 Å². The summed E-state index contributed by atoms with van der Waals surface area (Å²) in [5.74, 6) is -0.0225. The minimum absolute atomic E-state index is 0.00349. The smallest absolute Gasteiger partial charge is 0.247 e. The van der Waals surface area contributed by atoms with Crippen LogP contribution < -0.4 is 5.32 Å². The van der Waals surface area contributed by atoms with Crippen LogP contribution in [0, 0.1) is 0 Å². The molecule has 0 unspecified atom stereocenters. The Bertz CT molecular complexity index is 378. The molecule has 0 spiro atoms. The molecule has 0 radical (unpaired) electrons. The normalized spacial score (nSPS) is 26.1. The molecular weight excluding hydrogens is 258 g/mol. The standard InChI is InChI=1S/C14H25N3O3/c1-14(2)13(19)16(3)6-7-17(14)12(18)10-15-9-11-5-4-8-20-11/h11,15H,4-10H2,1-3H3/t11-/m1/s1. The number of amides is 2. The number of nitrogens with one attached hydrogen (secondary N) is 1. The van der Waals surface area contributed by atoms with Crippen molar-refractivity contribution in [2.45, 2.75) is 38.3 Å². The maximum atomic E-state index is 12.3. The van der Waals surface area contributed by atoms with E-state index in [2.05, 4.69) is 5.32 Å². The van der Waals surface area contributed by atoms with Gasteiger partial charge in [-0.2, -0.15) is 0 Å². The number of nitrogens with zero attached hydrogens (tertiary/aromatic N) is 2. The highest BCUT2D eigenvalue weighted by Crippen LogP contribution is 2.21. The van der Waals surface area contributed by atoms with Gasteiger partial charge in [-0.05, 0) is 26.7 Å². The van der Waals surface area contributed by atoms with Crippen molar-refractivity contribution in [2.24, 2.45) is 0 Å². The predicted octanol–water partition coefficient (Wildman–Crippen LogP) is -0.166. The van der Waals surface area contributed by atoms with E-state index in [1.54, 1.807) is 16.8 Å². The van der Waals surface area contributed by atoms with E-state index in [-0.39, 0.29) is 24.5 Å². The minimum Gasteiger partial charge on any atom is -0.377 e. The number of hydrogen-bond acceptors (Lipinski definition) is 4. The Hall–Kier alpha value is -1.14. The SMILES string of the molecule is CN1CCN(C(=O)CNC[C@H]2CCCO2)C(C)(C)C1=O. The van der Waals surface area contributed by atoms with Crippen molar-refractivity contribution in [1.82, 2.24) is 15.1 Å². The van der Waals surface area contributed by atoms with Gasteiger partial charge in [-0.3, -0.25) is 9.59 Å². The summed E-state index contributed by atoms with van der Waals surface area (Å²) in [6.07, 6.45) is 2.38. The number of hydrogen-bond donors (Lipinski definition) is 1. The topological polar surface area (TPSA) is 61.9 Å². The zero-order valence-electron chi connectivity index (χ0n) is 12.6. The third kappa shape index (κ3) is 3.12. The maximum Gasteiger partial charge on any atom is 0.247 e. The highest BCUT2D eigenvalue weighted by atomic mass is 16.5. The van der Waals surface area contributed by atoms with Gasteiger partial charge in [-0.25, -0.2) is 0 Å². The van der Waals surface area contributed by atoms with Gasteiger partial charge in [0.25, 0.3) is 0 Å². The van der Waals surface area contributed by atoms with Crippen molar-refractivity contribution in [3.05, 3.63) is 0 Å². The first-order chi connectivity index (χ1) is 9.43. The average Bonchev–Trinajstić information content (AvgIpc) is 2.89. The molecular formula is C14H25N3O3. The fourth-order valence-electron chi connectivity index (χ4n) is 2.89. The highest BCUT2D eigenvalue weighted by molar-refractivity contribution is 5.92.